The topological polar surface area (TPSA) is 54.4 Å². The zero-order valence-electron chi connectivity index (χ0n) is 10.6. The van der Waals surface area contributed by atoms with E-state index in [1.165, 1.54) is 0 Å². The van der Waals surface area contributed by atoms with Crippen LogP contribution in [0.5, 0.6) is 0 Å². The van der Waals surface area contributed by atoms with E-state index in [9.17, 15) is 14.7 Å². The Kier molecular flexibility index (Phi) is 4.75. The number of rotatable bonds is 4. The molecule has 0 bridgehead atoms. The van der Waals surface area contributed by atoms with Crippen molar-refractivity contribution in [1.29, 1.82) is 0 Å². The summed E-state index contributed by atoms with van der Waals surface area (Å²) in [4.78, 5) is 23.5. The highest BCUT2D eigenvalue weighted by Crippen LogP contribution is 2.31. The highest BCUT2D eigenvalue weighted by atomic mass is 79.9. The summed E-state index contributed by atoms with van der Waals surface area (Å²) in [5.74, 6) is -1.56. The van der Waals surface area contributed by atoms with E-state index in [0.29, 0.717) is 19.3 Å². The van der Waals surface area contributed by atoms with Crippen LogP contribution in [0.2, 0.25) is 0 Å². The highest BCUT2D eigenvalue weighted by molar-refractivity contribution is 9.10. The van der Waals surface area contributed by atoms with Gasteiger partial charge in [0.1, 0.15) is 5.78 Å². The van der Waals surface area contributed by atoms with Crippen LogP contribution in [-0.4, -0.2) is 16.9 Å². The average Bonchev–Trinajstić information content (AvgIpc) is 2.41. The van der Waals surface area contributed by atoms with Gasteiger partial charge in [-0.15, -0.1) is 0 Å². The van der Waals surface area contributed by atoms with Crippen LogP contribution < -0.4 is 0 Å². The Morgan fingerprint density at radius 3 is 2.26 bits per heavy atom. The Morgan fingerprint density at radius 1 is 1.11 bits per heavy atom. The van der Waals surface area contributed by atoms with Crippen molar-refractivity contribution in [3.8, 4) is 0 Å². The van der Waals surface area contributed by atoms with E-state index in [4.69, 9.17) is 0 Å². The van der Waals surface area contributed by atoms with Crippen molar-refractivity contribution in [2.75, 3.05) is 0 Å². The Labute approximate surface area is 121 Å². The van der Waals surface area contributed by atoms with Crippen molar-refractivity contribution in [3.63, 3.8) is 0 Å². The highest BCUT2D eigenvalue weighted by Gasteiger charge is 2.35. The largest absolute Gasteiger partial charge is 0.481 e. The second-order valence-electron chi connectivity index (χ2n) is 5.11. The molecule has 19 heavy (non-hydrogen) atoms. The fraction of sp³-hybridized carbons (Fsp3) is 0.467. The zero-order valence-corrected chi connectivity index (χ0v) is 12.2. The minimum absolute atomic E-state index is 0.0643. The Bertz CT molecular complexity index is 467. The maximum Gasteiger partial charge on any atom is 0.307 e. The normalized spacial score (nSPS) is 23.0. The molecule has 0 amide bonds. The third kappa shape index (κ3) is 3.66. The lowest BCUT2D eigenvalue weighted by Crippen LogP contribution is -2.33. The van der Waals surface area contributed by atoms with Crippen molar-refractivity contribution in [2.45, 2.75) is 32.1 Å². The molecule has 1 aromatic carbocycles. The van der Waals surface area contributed by atoms with Gasteiger partial charge in [-0.2, -0.15) is 0 Å². The van der Waals surface area contributed by atoms with Crippen molar-refractivity contribution >= 4 is 27.7 Å². The van der Waals surface area contributed by atoms with Crippen molar-refractivity contribution in [1.82, 2.24) is 0 Å². The molecule has 1 N–H and O–H groups in total. The van der Waals surface area contributed by atoms with E-state index in [-0.39, 0.29) is 11.7 Å². The monoisotopic (exact) mass is 324 g/mol. The first kappa shape index (κ1) is 14.3. The number of Topliss-reactive ketones (excluding diaryl/α,β-unsaturated/α-hetero) is 1. The minimum atomic E-state index is -0.825. The van der Waals surface area contributed by atoms with Gasteiger partial charge >= 0.3 is 5.97 Å². The maximum absolute atomic E-state index is 12.3. The first-order chi connectivity index (χ1) is 9.08. The summed E-state index contributed by atoms with van der Waals surface area (Å²) in [6.45, 7) is 0. The summed E-state index contributed by atoms with van der Waals surface area (Å²) >= 11 is 3.35. The number of carbonyl (C=O) groups is 2. The van der Waals surface area contributed by atoms with E-state index in [1.807, 2.05) is 24.3 Å². The van der Waals surface area contributed by atoms with E-state index in [2.05, 4.69) is 15.9 Å². The summed E-state index contributed by atoms with van der Waals surface area (Å²) in [6.07, 6.45) is 3.56. The molecule has 1 aromatic rings. The lowest BCUT2D eigenvalue weighted by Gasteiger charge is -2.27. The number of carboxylic acid groups (broad SMARTS) is 1. The summed E-state index contributed by atoms with van der Waals surface area (Å²) in [6, 6.07) is 7.61. The Hall–Kier alpha value is -1.16. The first-order valence-corrected chi connectivity index (χ1v) is 7.37. The van der Waals surface area contributed by atoms with Gasteiger partial charge in [0.05, 0.1) is 5.92 Å². The molecule has 2 rings (SSSR count). The van der Waals surface area contributed by atoms with E-state index in [0.717, 1.165) is 22.9 Å². The molecule has 3 nitrogen and oxygen atoms in total. The number of hydrogen-bond donors (Lipinski definition) is 1. The number of benzene rings is 1. The molecule has 1 aliphatic rings. The quantitative estimate of drug-likeness (QED) is 0.922. The number of carbonyl (C=O) groups excluding carboxylic acids is 1. The molecule has 0 saturated heterocycles. The van der Waals surface area contributed by atoms with Crippen LogP contribution in [0.15, 0.2) is 28.7 Å². The van der Waals surface area contributed by atoms with Gasteiger partial charge in [-0.05, 0) is 30.5 Å². The predicted octanol–water partition coefficient (Wildman–Crippen LogP) is 3.45. The molecule has 0 aliphatic heterocycles. The van der Waals surface area contributed by atoms with Gasteiger partial charge in [-0.1, -0.05) is 40.9 Å². The minimum Gasteiger partial charge on any atom is -0.481 e. The van der Waals surface area contributed by atoms with E-state index >= 15 is 0 Å². The van der Waals surface area contributed by atoms with Crippen LogP contribution in [0.4, 0.5) is 0 Å². The molecule has 2 unspecified atom stereocenters. The molecule has 0 spiro atoms. The third-order valence-electron chi connectivity index (χ3n) is 3.79. The lowest BCUT2D eigenvalue weighted by molar-refractivity contribution is -0.148. The molecule has 1 saturated carbocycles. The number of carboxylic acids is 1. The van der Waals surface area contributed by atoms with Gasteiger partial charge in [0.25, 0.3) is 0 Å². The second kappa shape index (κ2) is 6.33. The molecule has 2 atom stereocenters. The molecule has 4 heteroatoms. The molecule has 102 valence electrons. The Balaban J connectivity index is 2.05. The SMILES string of the molecule is O=C(O)C1CCCCC1C(=O)Cc1ccc(Br)cc1. The molecule has 0 aromatic heterocycles. The van der Waals surface area contributed by atoms with Crippen molar-refractivity contribution < 1.29 is 14.7 Å². The molecular weight excluding hydrogens is 308 g/mol. The van der Waals surface area contributed by atoms with Gasteiger partial charge in [0.15, 0.2) is 0 Å². The molecule has 0 radical (unpaired) electrons. The van der Waals surface area contributed by atoms with Gasteiger partial charge in [0.2, 0.25) is 0 Å². The molecule has 1 aliphatic carbocycles. The van der Waals surface area contributed by atoms with Crippen LogP contribution in [0, 0.1) is 11.8 Å². The lowest BCUT2D eigenvalue weighted by atomic mass is 9.76. The molecule has 1 fully saturated rings. The van der Waals surface area contributed by atoms with Gasteiger partial charge in [0, 0.05) is 16.8 Å². The Morgan fingerprint density at radius 2 is 1.68 bits per heavy atom. The fourth-order valence-electron chi connectivity index (χ4n) is 2.75. The maximum atomic E-state index is 12.3. The number of halogens is 1. The fourth-order valence-corrected chi connectivity index (χ4v) is 3.01. The molecular formula is C15H17BrO3. The van der Waals surface area contributed by atoms with Crippen molar-refractivity contribution in [3.05, 3.63) is 34.3 Å². The number of ketones is 1. The zero-order chi connectivity index (χ0) is 13.8. The number of hydrogen-bond acceptors (Lipinski definition) is 2. The van der Waals surface area contributed by atoms with Gasteiger partial charge in [-0.3, -0.25) is 9.59 Å². The van der Waals surface area contributed by atoms with Gasteiger partial charge < -0.3 is 5.11 Å². The third-order valence-corrected chi connectivity index (χ3v) is 4.32. The summed E-state index contributed by atoms with van der Waals surface area (Å²) in [7, 11) is 0. The van der Waals surface area contributed by atoms with Crippen LogP contribution >= 0.6 is 15.9 Å². The number of aliphatic carboxylic acids is 1. The predicted molar refractivity (Wildman–Crippen MR) is 75.9 cm³/mol. The standard InChI is InChI=1S/C15H17BrO3/c16-11-7-5-10(6-8-11)9-14(17)12-3-1-2-4-13(12)15(18)19/h5-8,12-13H,1-4,9H2,(H,18,19). The smallest absolute Gasteiger partial charge is 0.307 e. The van der Waals surface area contributed by atoms with Gasteiger partial charge in [-0.25, -0.2) is 0 Å². The summed E-state index contributed by atoms with van der Waals surface area (Å²) < 4.78 is 0.977. The van der Waals surface area contributed by atoms with E-state index in [1.54, 1.807) is 0 Å². The summed E-state index contributed by atoms with van der Waals surface area (Å²) in [5.41, 5.74) is 0.947. The van der Waals surface area contributed by atoms with Crippen LogP contribution in [0.3, 0.4) is 0 Å². The van der Waals surface area contributed by atoms with Crippen molar-refractivity contribution in [2.24, 2.45) is 11.8 Å². The summed E-state index contributed by atoms with van der Waals surface area (Å²) in [5, 5.41) is 9.20. The molecule has 0 heterocycles. The second-order valence-corrected chi connectivity index (χ2v) is 6.02. The van der Waals surface area contributed by atoms with Crippen LogP contribution in [-0.2, 0) is 16.0 Å². The first-order valence-electron chi connectivity index (χ1n) is 6.58. The van der Waals surface area contributed by atoms with Crippen LogP contribution in [0.25, 0.3) is 0 Å². The van der Waals surface area contributed by atoms with E-state index < -0.39 is 11.9 Å². The van der Waals surface area contributed by atoms with Crippen LogP contribution in [0.1, 0.15) is 31.2 Å². The average molecular weight is 325 g/mol.